The first-order valence-corrected chi connectivity index (χ1v) is 5.13. The number of nitrogens with zero attached hydrogens (tertiary/aromatic N) is 1. The third-order valence-corrected chi connectivity index (χ3v) is 2.79. The molecule has 0 aliphatic heterocycles. The molecule has 2 rings (SSSR count). The Bertz CT molecular complexity index is 441. The monoisotopic (exact) mass is 216 g/mol. The molecular formula is C12H12N2O2. The topological polar surface area (TPSA) is 73.1 Å². The maximum Gasteiger partial charge on any atom is 0.244 e. The summed E-state index contributed by atoms with van der Waals surface area (Å²) in [5.74, 6) is -0.230. The summed E-state index contributed by atoms with van der Waals surface area (Å²) in [6, 6.07) is 8.96. The number of hydrogen-bond donors (Lipinski definition) is 2. The van der Waals surface area contributed by atoms with Gasteiger partial charge in [0.25, 0.3) is 0 Å². The van der Waals surface area contributed by atoms with E-state index in [0.29, 0.717) is 18.5 Å². The van der Waals surface area contributed by atoms with Crippen LogP contribution in [0.1, 0.15) is 18.4 Å². The van der Waals surface area contributed by atoms with Crippen molar-refractivity contribution in [3.63, 3.8) is 0 Å². The van der Waals surface area contributed by atoms with Crippen LogP contribution in [0.5, 0.6) is 0 Å². The summed E-state index contributed by atoms with van der Waals surface area (Å²) in [7, 11) is 0. The maximum atomic E-state index is 11.7. The van der Waals surface area contributed by atoms with Gasteiger partial charge in [-0.3, -0.25) is 4.79 Å². The van der Waals surface area contributed by atoms with E-state index >= 15 is 0 Å². The highest BCUT2D eigenvalue weighted by Crippen LogP contribution is 2.45. The van der Waals surface area contributed by atoms with Crippen molar-refractivity contribution in [3.05, 3.63) is 29.8 Å². The summed E-state index contributed by atoms with van der Waals surface area (Å²) < 4.78 is 0. The number of nitrogens with one attached hydrogen (secondary N) is 1. The Kier molecular flexibility index (Phi) is 2.63. The molecule has 1 aromatic carbocycles. The number of aliphatic hydroxyl groups excluding tert-OH is 1. The van der Waals surface area contributed by atoms with Gasteiger partial charge < -0.3 is 10.4 Å². The molecule has 4 nitrogen and oxygen atoms in total. The minimum absolute atomic E-state index is 0.0175. The van der Waals surface area contributed by atoms with Gasteiger partial charge in [0.2, 0.25) is 5.91 Å². The van der Waals surface area contributed by atoms with Gasteiger partial charge in [0.15, 0.2) is 0 Å². The van der Waals surface area contributed by atoms with Crippen LogP contribution in [0.25, 0.3) is 0 Å². The Morgan fingerprint density at radius 1 is 1.44 bits per heavy atom. The number of rotatable bonds is 3. The second-order valence-corrected chi connectivity index (χ2v) is 4.00. The lowest BCUT2D eigenvalue weighted by Gasteiger charge is -2.08. The molecule has 1 amide bonds. The SMILES string of the molecule is N#CC1(C(=O)Nc2ccc(CO)cc2)CC1. The maximum absolute atomic E-state index is 11.7. The van der Waals surface area contributed by atoms with E-state index in [4.69, 9.17) is 10.4 Å². The van der Waals surface area contributed by atoms with Crippen LogP contribution >= 0.6 is 0 Å². The lowest BCUT2D eigenvalue weighted by molar-refractivity contribution is -0.119. The van der Waals surface area contributed by atoms with Crippen molar-refractivity contribution in [1.82, 2.24) is 0 Å². The molecule has 1 saturated carbocycles. The van der Waals surface area contributed by atoms with Crippen LogP contribution in [0.4, 0.5) is 5.69 Å². The average Bonchev–Trinajstić information content (AvgIpc) is 3.11. The van der Waals surface area contributed by atoms with Crippen molar-refractivity contribution in [2.45, 2.75) is 19.4 Å². The minimum atomic E-state index is -0.796. The third kappa shape index (κ3) is 1.90. The molecule has 1 aromatic rings. The van der Waals surface area contributed by atoms with Gasteiger partial charge in [0, 0.05) is 5.69 Å². The quantitative estimate of drug-likeness (QED) is 0.802. The van der Waals surface area contributed by atoms with Crippen LogP contribution in [-0.4, -0.2) is 11.0 Å². The lowest BCUT2D eigenvalue weighted by Crippen LogP contribution is -2.22. The molecule has 4 heteroatoms. The molecule has 0 unspecified atom stereocenters. The lowest BCUT2D eigenvalue weighted by atomic mass is 10.1. The normalized spacial score (nSPS) is 16.2. The van der Waals surface area contributed by atoms with Crippen LogP contribution in [0.15, 0.2) is 24.3 Å². The first-order chi connectivity index (χ1) is 7.70. The third-order valence-electron chi connectivity index (χ3n) is 2.79. The zero-order valence-electron chi connectivity index (χ0n) is 8.73. The molecule has 82 valence electrons. The fourth-order valence-corrected chi connectivity index (χ4v) is 1.46. The number of nitriles is 1. The molecule has 0 saturated heterocycles. The van der Waals surface area contributed by atoms with Crippen molar-refractivity contribution in [3.8, 4) is 6.07 Å². The van der Waals surface area contributed by atoms with E-state index in [-0.39, 0.29) is 12.5 Å². The molecule has 1 aliphatic carbocycles. The molecule has 0 aromatic heterocycles. The van der Waals surface area contributed by atoms with E-state index in [1.165, 1.54) is 0 Å². The molecular weight excluding hydrogens is 204 g/mol. The van der Waals surface area contributed by atoms with Crippen molar-refractivity contribution >= 4 is 11.6 Å². The first-order valence-electron chi connectivity index (χ1n) is 5.13. The van der Waals surface area contributed by atoms with Crippen LogP contribution in [-0.2, 0) is 11.4 Å². The van der Waals surface area contributed by atoms with Crippen LogP contribution in [0, 0.1) is 16.7 Å². The van der Waals surface area contributed by atoms with E-state index in [1.807, 2.05) is 6.07 Å². The number of aliphatic hydroxyl groups is 1. The second kappa shape index (κ2) is 3.95. The number of hydrogen-bond acceptors (Lipinski definition) is 3. The Balaban J connectivity index is 2.04. The predicted octanol–water partition coefficient (Wildman–Crippen LogP) is 1.42. The number of anilines is 1. The van der Waals surface area contributed by atoms with Crippen molar-refractivity contribution < 1.29 is 9.90 Å². The Hall–Kier alpha value is -1.86. The summed E-state index contributed by atoms with van der Waals surface area (Å²) in [5.41, 5.74) is 0.651. The van der Waals surface area contributed by atoms with Gasteiger partial charge in [-0.2, -0.15) is 5.26 Å². The molecule has 1 fully saturated rings. The largest absolute Gasteiger partial charge is 0.392 e. The van der Waals surface area contributed by atoms with Gasteiger partial charge >= 0.3 is 0 Å². The van der Waals surface area contributed by atoms with Crippen molar-refractivity contribution in [2.75, 3.05) is 5.32 Å². The average molecular weight is 216 g/mol. The van der Waals surface area contributed by atoms with Crippen LogP contribution < -0.4 is 5.32 Å². The van der Waals surface area contributed by atoms with E-state index in [0.717, 1.165) is 5.56 Å². The first kappa shape index (κ1) is 10.7. The number of benzene rings is 1. The highest BCUT2D eigenvalue weighted by Gasteiger charge is 2.50. The molecule has 2 N–H and O–H groups in total. The molecule has 0 heterocycles. The highest BCUT2D eigenvalue weighted by atomic mass is 16.3. The van der Waals surface area contributed by atoms with Gasteiger partial charge in [-0.15, -0.1) is 0 Å². The molecule has 1 aliphatic rings. The molecule has 0 radical (unpaired) electrons. The standard InChI is InChI=1S/C12H12N2O2/c13-8-12(5-6-12)11(16)14-10-3-1-9(7-15)2-4-10/h1-4,15H,5-7H2,(H,14,16). The van der Waals surface area contributed by atoms with E-state index in [2.05, 4.69) is 5.32 Å². The van der Waals surface area contributed by atoms with Gasteiger partial charge in [-0.05, 0) is 30.5 Å². The zero-order chi connectivity index (χ0) is 11.6. The van der Waals surface area contributed by atoms with Crippen LogP contribution in [0.3, 0.4) is 0 Å². The summed E-state index contributed by atoms with van der Waals surface area (Å²) in [6.07, 6.45) is 1.29. The second-order valence-electron chi connectivity index (χ2n) is 4.00. The summed E-state index contributed by atoms with van der Waals surface area (Å²) in [4.78, 5) is 11.7. The fraction of sp³-hybridized carbons (Fsp3) is 0.333. The summed E-state index contributed by atoms with van der Waals surface area (Å²) in [5, 5.41) is 20.4. The van der Waals surface area contributed by atoms with Gasteiger partial charge in [0.1, 0.15) is 5.41 Å². The smallest absolute Gasteiger partial charge is 0.244 e. The number of carbonyl (C=O) groups is 1. The van der Waals surface area contributed by atoms with E-state index < -0.39 is 5.41 Å². The van der Waals surface area contributed by atoms with Crippen molar-refractivity contribution in [2.24, 2.45) is 5.41 Å². The van der Waals surface area contributed by atoms with E-state index in [1.54, 1.807) is 24.3 Å². The van der Waals surface area contributed by atoms with Gasteiger partial charge in [-0.1, -0.05) is 12.1 Å². The van der Waals surface area contributed by atoms with Gasteiger partial charge in [-0.25, -0.2) is 0 Å². The Morgan fingerprint density at radius 2 is 2.06 bits per heavy atom. The summed E-state index contributed by atoms with van der Waals surface area (Å²) >= 11 is 0. The van der Waals surface area contributed by atoms with Gasteiger partial charge in [0.05, 0.1) is 12.7 Å². The predicted molar refractivity (Wildman–Crippen MR) is 58.3 cm³/mol. The van der Waals surface area contributed by atoms with E-state index in [9.17, 15) is 4.79 Å². The van der Waals surface area contributed by atoms with Crippen LogP contribution in [0.2, 0.25) is 0 Å². The number of amides is 1. The number of carbonyl (C=O) groups excluding carboxylic acids is 1. The highest BCUT2D eigenvalue weighted by molar-refractivity contribution is 5.99. The fourth-order valence-electron chi connectivity index (χ4n) is 1.46. The molecule has 0 spiro atoms. The molecule has 16 heavy (non-hydrogen) atoms. The van der Waals surface area contributed by atoms with Crippen molar-refractivity contribution in [1.29, 1.82) is 5.26 Å². The Labute approximate surface area is 93.5 Å². The Morgan fingerprint density at radius 3 is 2.50 bits per heavy atom. The molecule has 0 bridgehead atoms. The minimum Gasteiger partial charge on any atom is -0.392 e. The molecule has 0 atom stereocenters. The summed E-state index contributed by atoms with van der Waals surface area (Å²) in [6.45, 7) is -0.0175. The zero-order valence-corrected chi connectivity index (χ0v) is 8.73.